The zero-order chi connectivity index (χ0) is 26.7. The third-order valence-corrected chi connectivity index (χ3v) is 7.81. The summed E-state index contributed by atoms with van der Waals surface area (Å²) in [4.78, 5) is 28.0. The van der Waals surface area contributed by atoms with Gasteiger partial charge in [0.15, 0.2) is 0 Å². The molecule has 5 nitrogen and oxygen atoms in total. The number of carboxylic acids is 1. The highest BCUT2D eigenvalue weighted by Gasteiger charge is 2.52. The van der Waals surface area contributed by atoms with Gasteiger partial charge in [0, 0.05) is 22.0 Å². The zero-order valence-corrected chi connectivity index (χ0v) is 23.0. The summed E-state index contributed by atoms with van der Waals surface area (Å²) in [5.74, 6) is -1.29. The Morgan fingerprint density at radius 2 is 1.81 bits per heavy atom. The van der Waals surface area contributed by atoms with Gasteiger partial charge in [-0.1, -0.05) is 61.3 Å². The standard InChI is InChI=1S/C29H37Cl2NO4/c1-5-23(10-7-15-28(2,3)36)32-26(19-11-13-21(30)14-12-19)24(20-8-6-9-22(31)16-20)17-29(4,27(32)35)18-25(33)34/h6,8-9,11-14,16,23-24,26,36H,5,7,10,15,17-18H2,1-4H3,(H,33,34)/t23-,24+,26+,29-/m0/s1. The molecule has 1 saturated heterocycles. The van der Waals surface area contributed by atoms with Crippen molar-refractivity contribution in [1.29, 1.82) is 0 Å². The van der Waals surface area contributed by atoms with E-state index >= 15 is 0 Å². The Bertz CT molecular complexity index is 1070. The largest absolute Gasteiger partial charge is 0.481 e. The lowest BCUT2D eigenvalue weighted by Crippen LogP contribution is -2.56. The fourth-order valence-corrected chi connectivity index (χ4v) is 5.92. The first-order valence-electron chi connectivity index (χ1n) is 12.6. The van der Waals surface area contributed by atoms with Crippen LogP contribution >= 0.6 is 23.2 Å². The van der Waals surface area contributed by atoms with Crippen LogP contribution in [0.5, 0.6) is 0 Å². The summed E-state index contributed by atoms with van der Waals surface area (Å²) in [5, 5.41) is 21.2. The maximum atomic E-state index is 14.2. The van der Waals surface area contributed by atoms with Crippen molar-refractivity contribution in [3.05, 3.63) is 69.7 Å². The fraction of sp³-hybridized carbons (Fsp3) is 0.517. The summed E-state index contributed by atoms with van der Waals surface area (Å²) in [6, 6.07) is 14.8. The van der Waals surface area contributed by atoms with Crippen LogP contribution in [-0.2, 0) is 9.59 Å². The molecule has 3 rings (SSSR count). The summed E-state index contributed by atoms with van der Waals surface area (Å²) in [7, 11) is 0. The minimum atomic E-state index is -1.06. The number of rotatable bonds is 10. The predicted molar refractivity (Wildman–Crippen MR) is 144 cm³/mol. The zero-order valence-electron chi connectivity index (χ0n) is 21.5. The van der Waals surface area contributed by atoms with Crippen molar-refractivity contribution in [1.82, 2.24) is 4.90 Å². The molecule has 0 aromatic heterocycles. The topological polar surface area (TPSA) is 77.8 Å². The molecule has 2 aromatic carbocycles. The summed E-state index contributed by atoms with van der Waals surface area (Å²) in [5.41, 5.74) is 0.0748. The van der Waals surface area contributed by atoms with E-state index in [1.165, 1.54) is 0 Å². The molecule has 196 valence electrons. The van der Waals surface area contributed by atoms with Crippen LogP contribution in [0.2, 0.25) is 10.0 Å². The van der Waals surface area contributed by atoms with Crippen molar-refractivity contribution in [2.45, 2.75) is 89.8 Å². The third kappa shape index (κ3) is 6.81. The van der Waals surface area contributed by atoms with E-state index in [2.05, 4.69) is 6.92 Å². The van der Waals surface area contributed by atoms with E-state index in [0.29, 0.717) is 35.7 Å². The lowest BCUT2D eigenvalue weighted by molar-refractivity contribution is -0.160. The van der Waals surface area contributed by atoms with Gasteiger partial charge in [0.2, 0.25) is 5.91 Å². The Morgan fingerprint density at radius 1 is 1.14 bits per heavy atom. The molecule has 0 bridgehead atoms. The van der Waals surface area contributed by atoms with Gasteiger partial charge < -0.3 is 15.1 Å². The van der Waals surface area contributed by atoms with E-state index in [9.17, 15) is 19.8 Å². The van der Waals surface area contributed by atoms with Crippen LogP contribution in [0.4, 0.5) is 0 Å². The number of carboxylic acid groups (broad SMARTS) is 1. The highest BCUT2D eigenvalue weighted by molar-refractivity contribution is 6.30. The number of benzene rings is 2. The van der Waals surface area contributed by atoms with Gasteiger partial charge in [-0.2, -0.15) is 0 Å². The predicted octanol–water partition coefficient (Wildman–Crippen LogP) is 7.25. The van der Waals surface area contributed by atoms with Crippen molar-refractivity contribution in [3.63, 3.8) is 0 Å². The molecule has 1 fully saturated rings. The average molecular weight is 535 g/mol. The number of aliphatic carboxylic acids is 1. The van der Waals surface area contributed by atoms with Gasteiger partial charge in [-0.05, 0) is 81.3 Å². The van der Waals surface area contributed by atoms with Gasteiger partial charge in [-0.25, -0.2) is 0 Å². The second kappa shape index (κ2) is 11.5. The molecule has 0 spiro atoms. The number of piperidine rings is 1. The van der Waals surface area contributed by atoms with E-state index in [4.69, 9.17) is 23.2 Å². The van der Waals surface area contributed by atoms with Gasteiger partial charge in [0.1, 0.15) is 0 Å². The second-order valence-corrected chi connectivity index (χ2v) is 11.8. The first-order chi connectivity index (χ1) is 16.8. The number of amides is 1. The Morgan fingerprint density at radius 3 is 2.36 bits per heavy atom. The number of hydrogen-bond donors (Lipinski definition) is 2. The van der Waals surface area contributed by atoms with Gasteiger partial charge >= 0.3 is 5.97 Å². The first kappa shape index (κ1) is 28.5. The molecule has 1 aliphatic heterocycles. The maximum absolute atomic E-state index is 14.2. The average Bonchev–Trinajstić information content (AvgIpc) is 2.78. The third-order valence-electron chi connectivity index (χ3n) is 7.32. The number of nitrogens with zero attached hydrogens (tertiary/aromatic N) is 1. The van der Waals surface area contributed by atoms with Gasteiger partial charge in [-0.15, -0.1) is 0 Å². The Hall–Kier alpha value is -2.08. The van der Waals surface area contributed by atoms with Crippen molar-refractivity contribution in [3.8, 4) is 0 Å². The van der Waals surface area contributed by atoms with Crippen molar-refractivity contribution in [2.24, 2.45) is 5.41 Å². The molecule has 0 unspecified atom stereocenters. The van der Waals surface area contributed by atoms with Crippen LogP contribution in [0.1, 0.15) is 89.3 Å². The van der Waals surface area contributed by atoms with Crippen LogP contribution in [-0.4, -0.2) is 38.6 Å². The number of carbonyl (C=O) groups excluding carboxylic acids is 1. The van der Waals surface area contributed by atoms with Crippen LogP contribution in [0.25, 0.3) is 0 Å². The number of aliphatic hydroxyl groups is 1. The maximum Gasteiger partial charge on any atom is 0.304 e. The minimum absolute atomic E-state index is 0.115. The molecule has 0 radical (unpaired) electrons. The van der Waals surface area contributed by atoms with E-state index in [-0.39, 0.29) is 30.3 Å². The van der Waals surface area contributed by atoms with Crippen LogP contribution in [0.15, 0.2) is 48.5 Å². The Labute approximate surface area is 224 Å². The number of halogens is 2. The van der Waals surface area contributed by atoms with Crippen molar-refractivity contribution >= 4 is 35.1 Å². The molecule has 7 heteroatoms. The quantitative estimate of drug-likeness (QED) is 0.337. The van der Waals surface area contributed by atoms with Crippen LogP contribution in [0, 0.1) is 5.41 Å². The molecular weight excluding hydrogens is 497 g/mol. The monoisotopic (exact) mass is 533 g/mol. The van der Waals surface area contributed by atoms with E-state index in [0.717, 1.165) is 17.5 Å². The summed E-state index contributed by atoms with van der Waals surface area (Å²) < 4.78 is 0. The normalized spacial score (nSPS) is 23.5. The van der Waals surface area contributed by atoms with Gasteiger partial charge in [0.05, 0.1) is 23.5 Å². The number of hydrogen-bond acceptors (Lipinski definition) is 3. The summed E-state index contributed by atoms with van der Waals surface area (Å²) in [6.07, 6.45) is 2.93. The lowest BCUT2D eigenvalue weighted by atomic mass is 9.67. The van der Waals surface area contributed by atoms with Crippen molar-refractivity contribution < 1.29 is 19.8 Å². The Kier molecular flexibility index (Phi) is 9.13. The molecular formula is C29H37Cl2NO4. The lowest BCUT2D eigenvalue weighted by Gasteiger charge is -2.52. The number of likely N-dealkylation sites (tertiary alicyclic amines) is 1. The summed E-state index contributed by atoms with van der Waals surface area (Å²) >= 11 is 12.6. The Balaban J connectivity index is 2.15. The van der Waals surface area contributed by atoms with Gasteiger partial charge in [0.25, 0.3) is 0 Å². The minimum Gasteiger partial charge on any atom is -0.481 e. The molecule has 1 aliphatic rings. The molecule has 0 aliphatic carbocycles. The molecule has 2 aromatic rings. The SMILES string of the molecule is CC[C@@H](CCCC(C)(C)O)N1C(=O)[C@](C)(CC(=O)O)C[C@H](c2cccc(Cl)c2)[C@H]1c1ccc(Cl)cc1. The molecule has 2 N–H and O–H groups in total. The number of carbonyl (C=O) groups is 2. The van der Waals surface area contributed by atoms with Gasteiger partial charge in [-0.3, -0.25) is 9.59 Å². The highest BCUT2D eigenvalue weighted by Crippen LogP contribution is 2.52. The second-order valence-electron chi connectivity index (χ2n) is 11.0. The molecule has 0 saturated carbocycles. The van der Waals surface area contributed by atoms with Crippen LogP contribution in [0.3, 0.4) is 0 Å². The van der Waals surface area contributed by atoms with E-state index in [1.807, 2.05) is 53.4 Å². The fourth-order valence-electron chi connectivity index (χ4n) is 5.59. The van der Waals surface area contributed by atoms with E-state index in [1.54, 1.807) is 20.8 Å². The summed E-state index contributed by atoms with van der Waals surface area (Å²) in [6.45, 7) is 7.40. The van der Waals surface area contributed by atoms with E-state index < -0.39 is 17.0 Å². The molecule has 4 atom stereocenters. The molecule has 1 amide bonds. The van der Waals surface area contributed by atoms with Crippen molar-refractivity contribution in [2.75, 3.05) is 0 Å². The molecule has 1 heterocycles. The molecule has 36 heavy (non-hydrogen) atoms. The van der Waals surface area contributed by atoms with Crippen LogP contribution < -0.4 is 0 Å². The first-order valence-corrected chi connectivity index (χ1v) is 13.4. The highest BCUT2D eigenvalue weighted by atomic mass is 35.5. The smallest absolute Gasteiger partial charge is 0.304 e.